The Hall–Kier alpha value is -1.84. The first-order chi connectivity index (χ1) is 10.7. The molecule has 1 atom stereocenters. The number of furan rings is 1. The molecule has 1 aromatic carbocycles. The van der Waals surface area contributed by atoms with Crippen molar-refractivity contribution >= 4 is 0 Å². The fraction of sp³-hybridized carbons (Fsp3) is 0.368. The number of benzene rings is 1. The standard InChI is InChI=1S/C19H25NO2/c1-3-4-10-18(21)14-20(13-17-8-6-5-7-9-17)15-19-12-11-16(2)22-19/h3,5-9,11-12,18,21H,1,4,10,13-15H2,2H3/t18-/m1/s1. The van der Waals surface area contributed by atoms with Crippen molar-refractivity contribution in [2.75, 3.05) is 6.54 Å². The van der Waals surface area contributed by atoms with Gasteiger partial charge in [0.25, 0.3) is 0 Å². The first-order valence-corrected chi connectivity index (χ1v) is 7.78. The summed E-state index contributed by atoms with van der Waals surface area (Å²) in [6.07, 6.45) is 3.07. The summed E-state index contributed by atoms with van der Waals surface area (Å²) in [6, 6.07) is 14.3. The van der Waals surface area contributed by atoms with E-state index in [4.69, 9.17) is 4.42 Å². The molecule has 0 saturated heterocycles. The fourth-order valence-electron chi connectivity index (χ4n) is 2.52. The Morgan fingerprint density at radius 2 is 1.95 bits per heavy atom. The van der Waals surface area contributed by atoms with Gasteiger partial charge in [-0.1, -0.05) is 36.4 Å². The Bertz CT molecular complexity index is 562. The van der Waals surface area contributed by atoms with E-state index in [0.717, 1.165) is 30.9 Å². The van der Waals surface area contributed by atoms with Gasteiger partial charge in [-0.15, -0.1) is 6.58 Å². The second-order valence-electron chi connectivity index (χ2n) is 5.69. The molecule has 0 amide bonds. The van der Waals surface area contributed by atoms with Crippen molar-refractivity contribution in [2.24, 2.45) is 0 Å². The molecule has 2 aromatic rings. The average Bonchev–Trinajstić information content (AvgIpc) is 2.91. The van der Waals surface area contributed by atoms with Gasteiger partial charge in [0.15, 0.2) is 0 Å². The summed E-state index contributed by atoms with van der Waals surface area (Å²) in [5.41, 5.74) is 1.24. The van der Waals surface area contributed by atoms with Crippen molar-refractivity contribution in [3.8, 4) is 0 Å². The molecule has 0 saturated carbocycles. The predicted octanol–water partition coefficient (Wildman–Crippen LogP) is 3.92. The van der Waals surface area contributed by atoms with Crippen LogP contribution in [-0.2, 0) is 13.1 Å². The molecular weight excluding hydrogens is 274 g/mol. The number of aliphatic hydroxyl groups is 1. The van der Waals surface area contributed by atoms with E-state index in [2.05, 4.69) is 23.6 Å². The van der Waals surface area contributed by atoms with Gasteiger partial charge in [-0.05, 0) is 37.5 Å². The highest BCUT2D eigenvalue weighted by Crippen LogP contribution is 2.14. The number of hydrogen-bond donors (Lipinski definition) is 1. The lowest BCUT2D eigenvalue weighted by Gasteiger charge is -2.24. The summed E-state index contributed by atoms with van der Waals surface area (Å²) in [5, 5.41) is 10.2. The van der Waals surface area contributed by atoms with E-state index in [1.54, 1.807) is 0 Å². The first-order valence-electron chi connectivity index (χ1n) is 7.78. The zero-order chi connectivity index (χ0) is 15.8. The Morgan fingerprint density at radius 3 is 2.59 bits per heavy atom. The van der Waals surface area contributed by atoms with Crippen molar-refractivity contribution in [2.45, 2.75) is 39.0 Å². The zero-order valence-corrected chi connectivity index (χ0v) is 13.2. The maximum atomic E-state index is 10.2. The highest BCUT2D eigenvalue weighted by molar-refractivity contribution is 5.15. The number of rotatable bonds is 9. The smallest absolute Gasteiger partial charge is 0.118 e. The van der Waals surface area contributed by atoms with Gasteiger partial charge in [0, 0.05) is 13.1 Å². The molecule has 0 radical (unpaired) electrons. The molecule has 0 unspecified atom stereocenters. The quantitative estimate of drug-likeness (QED) is 0.713. The summed E-state index contributed by atoms with van der Waals surface area (Å²) >= 11 is 0. The van der Waals surface area contributed by atoms with Gasteiger partial charge in [-0.25, -0.2) is 0 Å². The summed E-state index contributed by atoms with van der Waals surface area (Å²) < 4.78 is 5.67. The monoisotopic (exact) mass is 299 g/mol. The van der Waals surface area contributed by atoms with Gasteiger partial charge in [0.2, 0.25) is 0 Å². The van der Waals surface area contributed by atoms with Crippen LogP contribution < -0.4 is 0 Å². The molecule has 0 aliphatic heterocycles. The summed E-state index contributed by atoms with van der Waals surface area (Å²) in [6.45, 7) is 7.79. The highest BCUT2D eigenvalue weighted by atomic mass is 16.3. The molecular formula is C19H25NO2. The molecule has 1 aromatic heterocycles. The molecule has 0 bridgehead atoms. The third kappa shape index (κ3) is 5.51. The van der Waals surface area contributed by atoms with E-state index in [9.17, 15) is 5.11 Å². The lowest BCUT2D eigenvalue weighted by atomic mass is 10.1. The van der Waals surface area contributed by atoms with E-state index in [0.29, 0.717) is 13.1 Å². The van der Waals surface area contributed by atoms with Crippen molar-refractivity contribution in [3.63, 3.8) is 0 Å². The Morgan fingerprint density at radius 1 is 1.18 bits per heavy atom. The van der Waals surface area contributed by atoms with Gasteiger partial charge < -0.3 is 9.52 Å². The summed E-state index contributed by atoms with van der Waals surface area (Å²) in [7, 11) is 0. The predicted molar refractivity (Wildman–Crippen MR) is 89.4 cm³/mol. The molecule has 0 aliphatic rings. The molecule has 0 aliphatic carbocycles. The van der Waals surface area contributed by atoms with Crippen LogP contribution in [0.25, 0.3) is 0 Å². The third-order valence-electron chi connectivity index (χ3n) is 3.60. The van der Waals surface area contributed by atoms with Crippen molar-refractivity contribution in [1.82, 2.24) is 4.90 Å². The minimum atomic E-state index is -0.349. The number of aliphatic hydroxyl groups excluding tert-OH is 1. The van der Waals surface area contributed by atoms with Gasteiger partial charge >= 0.3 is 0 Å². The molecule has 118 valence electrons. The lowest BCUT2D eigenvalue weighted by molar-refractivity contribution is 0.0943. The molecule has 3 heteroatoms. The molecule has 1 heterocycles. The van der Waals surface area contributed by atoms with E-state index in [-0.39, 0.29) is 6.10 Å². The second-order valence-corrected chi connectivity index (χ2v) is 5.69. The molecule has 3 nitrogen and oxygen atoms in total. The molecule has 0 fully saturated rings. The summed E-state index contributed by atoms with van der Waals surface area (Å²) in [5.74, 6) is 1.85. The lowest BCUT2D eigenvalue weighted by Crippen LogP contribution is -2.31. The molecule has 22 heavy (non-hydrogen) atoms. The Balaban J connectivity index is 2.00. The maximum absolute atomic E-state index is 10.2. The summed E-state index contributed by atoms with van der Waals surface area (Å²) in [4.78, 5) is 2.22. The highest BCUT2D eigenvalue weighted by Gasteiger charge is 2.14. The van der Waals surface area contributed by atoms with Crippen LogP contribution in [0, 0.1) is 6.92 Å². The number of nitrogens with zero attached hydrogens (tertiary/aromatic N) is 1. The third-order valence-corrected chi connectivity index (χ3v) is 3.60. The van der Waals surface area contributed by atoms with Crippen LogP contribution >= 0.6 is 0 Å². The van der Waals surface area contributed by atoms with Crippen LogP contribution in [0.4, 0.5) is 0 Å². The SMILES string of the molecule is C=CCC[C@@H](O)CN(Cc1ccccc1)Cc1ccc(C)o1. The largest absolute Gasteiger partial charge is 0.465 e. The second kappa shape index (κ2) is 8.57. The van der Waals surface area contributed by atoms with Crippen LogP contribution in [0.3, 0.4) is 0 Å². The fourth-order valence-corrected chi connectivity index (χ4v) is 2.52. The minimum absolute atomic E-state index is 0.349. The average molecular weight is 299 g/mol. The van der Waals surface area contributed by atoms with Crippen LogP contribution in [-0.4, -0.2) is 22.7 Å². The normalized spacial score (nSPS) is 12.5. The van der Waals surface area contributed by atoms with Crippen molar-refractivity contribution in [3.05, 3.63) is 72.2 Å². The van der Waals surface area contributed by atoms with Gasteiger partial charge in [-0.3, -0.25) is 4.90 Å². The minimum Gasteiger partial charge on any atom is -0.465 e. The topological polar surface area (TPSA) is 36.6 Å². The Kier molecular flexibility index (Phi) is 6.44. The van der Waals surface area contributed by atoms with Gasteiger partial charge in [-0.2, -0.15) is 0 Å². The van der Waals surface area contributed by atoms with Crippen LogP contribution in [0.1, 0.15) is 29.9 Å². The van der Waals surface area contributed by atoms with Crippen molar-refractivity contribution < 1.29 is 9.52 Å². The van der Waals surface area contributed by atoms with Gasteiger partial charge in [0.1, 0.15) is 11.5 Å². The molecule has 0 spiro atoms. The van der Waals surface area contributed by atoms with Crippen LogP contribution in [0.5, 0.6) is 0 Å². The zero-order valence-electron chi connectivity index (χ0n) is 13.2. The molecule has 2 rings (SSSR count). The number of hydrogen-bond acceptors (Lipinski definition) is 3. The van der Waals surface area contributed by atoms with Crippen LogP contribution in [0.2, 0.25) is 0 Å². The van der Waals surface area contributed by atoms with E-state index in [1.807, 2.05) is 43.3 Å². The van der Waals surface area contributed by atoms with E-state index in [1.165, 1.54) is 5.56 Å². The van der Waals surface area contributed by atoms with E-state index < -0.39 is 0 Å². The van der Waals surface area contributed by atoms with Gasteiger partial charge in [0.05, 0.1) is 12.6 Å². The number of aryl methyl sites for hydroxylation is 1. The maximum Gasteiger partial charge on any atom is 0.118 e. The van der Waals surface area contributed by atoms with Crippen molar-refractivity contribution in [1.29, 1.82) is 0 Å². The van der Waals surface area contributed by atoms with E-state index >= 15 is 0 Å². The first kappa shape index (κ1) is 16.5. The number of allylic oxidation sites excluding steroid dienone is 1. The Labute approximate surface area is 132 Å². The molecule has 1 N–H and O–H groups in total. The van der Waals surface area contributed by atoms with Crippen LogP contribution in [0.15, 0.2) is 59.5 Å².